The largest absolute Gasteiger partial charge is 0.355 e. The molecule has 128 valence electrons. The number of carbonyl (C=O) groups excluding carboxylic acids is 1. The third-order valence-corrected chi connectivity index (χ3v) is 4.94. The van der Waals surface area contributed by atoms with Gasteiger partial charge in [0.25, 0.3) is 0 Å². The molecule has 2 unspecified atom stereocenters. The van der Waals surface area contributed by atoms with Crippen molar-refractivity contribution in [3.63, 3.8) is 0 Å². The van der Waals surface area contributed by atoms with E-state index in [9.17, 15) is 9.00 Å². The van der Waals surface area contributed by atoms with E-state index in [2.05, 4.69) is 5.32 Å². The molecule has 1 fully saturated rings. The zero-order chi connectivity index (χ0) is 16.9. The SMILES string of the molecule is CC.CSCCNC(=O)C(C)(C)CN.NC1CCS(=O)C1. The van der Waals surface area contributed by atoms with Gasteiger partial charge < -0.3 is 16.8 Å². The van der Waals surface area contributed by atoms with Crippen LogP contribution >= 0.6 is 11.8 Å². The smallest absolute Gasteiger partial charge is 0.226 e. The Kier molecular flexibility index (Phi) is 14.9. The molecule has 0 saturated carbocycles. The van der Waals surface area contributed by atoms with Crippen LogP contribution < -0.4 is 16.8 Å². The second kappa shape index (κ2) is 13.5. The first-order valence-electron chi connectivity index (χ1n) is 7.41. The molecule has 0 bridgehead atoms. The molecule has 0 aliphatic carbocycles. The van der Waals surface area contributed by atoms with E-state index in [0.29, 0.717) is 6.54 Å². The number of nitrogens with two attached hydrogens (primary N) is 2. The van der Waals surface area contributed by atoms with Gasteiger partial charge in [-0.15, -0.1) is 0 Å². The second-order valence-electron chi connectivity index (χ2n) is 5.20. The van der Waals surface area contributed by atoms with Gasteiger partial charge in [-0.1, -0.05) is 13.8 Å². The Hall–Kier alpha value is -0.110. The molecule has 1 aliphatic rings. The molecule has 0 aromatic heterocycles. The van der Waals surface area contributed by atoms with E-state index in [1.165, 1.54) is 0 Å². The number of amides is 1. The van der Waals surface area contributed by atoms with Gasteiger partial charge in [0.15, 0.2) is 0 Å². The van der Waals surface area contributed by atoms with Crippen molar-refractivity contribution in [2.45, 2.75) is 40.2 Å². The maximum absolute atomic E-state index is 11.4. The molecule has 1 amide bonds. The predicted molar refractivity (Wildman–Crippen MR) is 96.0 cm³/mol. The number of carbonyl (C=O) groups is 1. The van der Waals surface area contributed by atoms with Crippen molar-refractivity contribution in [2.75, 3.05) is 36.6 Å². The lowest BCUT2D eigenvalue weighted by molar-refractivity contribution is -0.128. The van der Waals surface area contributed by atoms with Crippen molar-refractivity contribution >= 4 is 28.5 Å². The van der Waals surface area contributed by atoms with Crippen LogP contribution in [0.25, 0.3) is 0 Å². The summed E-state index contributed by atoms with van der Waals surface area (Å²) in [6.45, 7) is 8.81. The molecule has 1 heterocycles. The van der Waals surface area contributed by atoms with Crippen LogP contribution in [-0.4, -0.2) is 52.8 Å². The highest BCUT2D eigenvalue weighted by atomic mass is 32.2. The molecule has 1 aliphatic heterocycles. The quantitative estimate of drug-likeness (QED) is 0.648. The standard InChI is InChI=1S/C8H18N2OS.C4H9NOS.C2H6/c1-8(2,6-9)7(11)10-4-5-12-3;5-4-1-2-7(6)3-4;1-2/h4-6,9H2,1-3H3,(H,10,11);4H,1-3,5H2;1-2H3. The average Bonchev–Trinajstić information content (AvgIpc) is 2.85. The molecule has 5 N–H and O–H groups in total. The van der Waals surface area contributed by atoms with Crippen LogP contribution in [0.3, 0.4) is 0 Å². The minimum atomic E-state index is -0.578. The topological polar surface area (TPSA) is 98.2 Å². The lowest BCUT2D eigenvalue weighted by atomic mass is 9.93. The van der Waals surface area contributed by atoms with Crippen LogP contribution in [0.2, 0.25) is 0 Å². The summed E-state index contributed by atoms with van der Waals surface area (Å²) in [6, 6.07) is 0.223. The molecular weight excluding hydrogens is 306 g/mol. The highest BCUT2D eigenvalue weighted by Crippen LogP contribution is 2.11. The van der Waals surface area contributed by atoms with Crippen LogP contribution in [0, 0.1) is 5.41 Å². The lowest BCUT2D eigenvalue weighted by Crippen LogP contribution is -2.42. The summed E-state index contributed by atoms with van der Waals surface area (Å²) < 4.78 is 10.5. The summed E-state index contributed by atoms with van der Waals surface area (Å²) in [4.78, 5) is 11.4. The second-order valence-corrected chi connectivity index (χ2v) is 7.80. The number of hydrogen-bond acceptors (Lipinski definition) is 5. The Morgan fingerprint density at radius 1 is 1.43 bits per heavy atom. The molecule has 0 spiro atoms. The Bertz CT molecular complexity index is 300. The van der Waals surface area contributed by atoms with Crippen molar-refractivity contribution in [3.8, 4) is 0 Å². The predicted octanol–water partition coefficient (Wildman–Crippen LogP) is 0.943. The van der Waals surface area contributed by atoms with Gasteiger partial charge in [-0.3, -0.25) is 9.00 Å². The van der Waals surface area contributed by atoms with Gasteiger partial charge in [0, 0.05) is 47.2 Å². The van der Waals surface area contributed by atoms with Crippen molar-refractivity contribution < 1.29 is 9.00 Å². The van der Waals surface area contributed by atoms with Crippen LogP contribution in [0.1, 0.15) is 34.1 Å². The van der Waals surface area contributed by atoms with Crippen LogP contribution in [0.5, 0.6) is 0 Å². The fourth-order valence-electron chi connectivity index (χ4n) is 1.29. The highest BCUT2D eigenvalue weighted by Gasteiger charge is 2.24. The lowest BCUT2D eigenvalue weighted by Gasteiger charge is -2.20. The Morgan fingerprint density at radius 3 is 2.29 bits per heavy atom. The van der Waals surface area contributed by atoms with E-state index in [0.717, 1.165) is 30.2 Å². The number of rotatable bonds is 5. The van der Waals surface area contributed by atoms with E-state index >= 15 is 0 Å². The van der Waals surface area contributed by atoms with E-state index in [4.69, 9.17) is 11.5 Å². The fraction of sp³-hybridized carbons (Fsp3) is 0.929. The minimum absolute atomic E-state index is 0.0408. The Labute approximate surface area is 136 Å². The van der Waals surface area contributed by atoms with Gasteiger partial charge in [0.05, 0.1) is 5.41 Å². The first-order valence-corrected chi connectivity index (χ1v) is 10.3. The van der Waals surface area contributed by atoms with Crippen molar-refractivity contribution in [3.05, 3.63) is 0 Å². The molecule has 2 atom stereocenters. The van der Waals surface area contributed by atoms with Crippen LogP contribution in [0.15, 0.2) is 0 Å². The zero-order valence-electron chi connectivity index (χ0n) is 14.1. The van der Waals surface area contributed by atoms with Crippen molar-refractivity contribution in [1.29, 1.82) is 0 Å². The van der Waals surface area contributed by atoms with Gasteiger partial charge in [0.1, 0.15) is 0 Å². The van der Waals surface area contributed by atoms with Crippen LogP contribution in [-0.2, 0) is 15.6 Å². The van der Waals surface area contributed by atoms with E-state index in [1.807, 2.05) is 34.0 Å². The highest BCUT2D eigenvalue weighted by molar-refractivity contribution is 7.98. The molecule has 0 radical (unpaired) electrons. The zero-order valence-corrected chi connectivity index (χ0v) is 15.7. The Morgan fingerprint density at radius 2 is 2.00 bits per heavy atom. The van der Waals surface area contributed by atoms with Gasteiger partial charge in [0.2, 0.25) is 5.91 Å². The summed E-state index contributed by atoms with van der Waals surface area (Å²) >= 11 is 1.72. The monoisotopic (exact) mass is 339 g/mol. The van der Waals surface area contributed by atoms with Gasteiger partial charge in [-0.2, -0.15) is 11.8 Å². The first-order chi connectivity index (χ1) is 9.83. The molecule has 0 aromatic rings. The van der Waals surface area contributed by atoms with Gasteiger partial charge >= 0.3 is 0 Å². The molecule has 1 saturated heterocycles. The third kappa shape index (κ3) is 12.1. The normalized spacial score (nSPS) is 20.7. The van der Waals surface area contributed by atoms with Gasteiger partial charge in [-0.25, -0.2) is 0 Å². The maximum Gasteiger partial charge on any atom is 0.226 e. The number of nitrogens with one attached hydrogen (secondary N) is 1. The molecule has 1 rings (SSSR count). The Balaban J connectivity index is 0. The number of hydrogen-bond donors (Lipinski definition) is 3. The maximum atomic E-state index is 11.4. The van der Waals surface area contributed by atoms with E-state index in [1.54, 1.807) is 11.8 Å². The summed E-state index contributed by atoms with van der Waals surface area (Å²) in [5.74, 6) is 2.53. The molecule has 5 nitrogen and oxygen atoms in total. The van der Waals surface area contributed by atoms with Gasteiger partial charge in [-0.05, 0) is 26.5 Å². The van der Waals surface area contributed by atoms with Crippen LogP contribution in [0.4, 0.5) is 0 Å². The van der Waals surface area contributed by atoms with Crippen molar-refractivity contribution in [2.24, 2.45) is 16.9 Å². The number of thioether (sulfide) groups is 1. The van der Waals surface area contributed by atoms with E-state index in [-0.39, 0.29) is 11.9 Å². The third-order valence-electron chi connectivity index (χ3n) is 2.83. The average molecular weight is 340 g/mol. The summed E-state index contributed by atoms with van der Waals surface area (Å²) in [7, 11) is -0.578. The summed E-state index contributed by atoms with van der Waals surface area (Å²) in [5, 5.41) is 2.84. The summed E-state index contributed by atoms with van der Waals surface area (Å²) in [5.41, 5.74) is 10.4. The van der Waals surface area contributed by atoms with Crippen molar-refractivity contribution in [1.82, 2.24) is 5.32 Å². The van der Waals surface area contributed by atoms with E-state index < -0.39 is 16.2 Å². The molecule has 21 heavy (non-hydrogen) atoms. The first kappa shape index (κ1) is 23.2. The summed E-state index contributed by atoms with van der Waals surface area (Å²) in [6.07, 6.45) is 2.97. The molecule has 0 aromatic carbocycles. The molecule has 7 heteroatoms. The minimum Gasteiger partial charge on any atom is -0.355 e. The molecular formula is C14H33N3O2S2. The fourth-order valence-corrected chi connectivity index (χ4v) is 2.97.